The molecule has 0 atom stereocenters. The van der Waals surface area contributed by atoms with Crippen LogP contribution >= 0.6 is 23.6 Å². The monoisotopic (exact) mass is 536 g/mol. The fourth-order valence-electron chi connectivity index (χ4n) is 4.13. The molecule has 0 amide bonds. The number of rotatable bonds is 7. The highest BCUT2D eigenvalue weighted by Gasteiger charge is 2.30. The van der Waals surface area contributed by atoms with Gasteiger partial charge in [0.25, 0.3) is 10.1 Å². The van der Waals surface area contributed by atoms with Gasteiger partial charge >= 0.3 is 5.97 Å². The third-order valence-corrected chi connectivity index (χ3v) is 7.68. The summed E-state index contributed by atoms with van der Waals surface area (Å²) in [6, 6.07) is 7.20. The predicted molar refractivity (Wildman–Crippen MR) is 136 cm³/mol. The van der Waals surface area contributed by atoms with E-state index >= 15 is 0 Å². The van der Waals surface area contributed by atoms with Gasteiger partial charge in [0, 0.05) is 12.6 Å². The van der Waals surface area contributed by atoms with Crippen molar-refractivity contribution in [2.45, 2.75) is 26.8 Å². The van der Waals surface area contributed by atoms with Gasteiger partial charge in [-0.15, -0.1) is 11.3 Å². The average Bonchev–Trinajstić information content (AvgIpc) is 3.21. The molecule has 0 fully saturated rings. The smallest absolute Gasteiger partial charge is 0.323 e. The minimum Gasteiger partial charge on any atom is -0.493 e. The number of carboxylic acid groups (broad SMARTS) is 1. The van der Waals surface area contributed by atoms with Gasteiger partial charge in [-0.05, 0) is 47.3 Å². The van der Waals surface area contributed by atoms with Crippen LogP contribution in [-0.2, 0) is 21.5 Å². The third kappa shape index (κ3) is 5.67. The summed E-state index contributed by atoms with van der Waals surface area (Å²) in [7, 11) is -4.18. The second-order valence-corrected chi connectivity index (χ2v) is 12.2. The number of anilines is 1. The van der Waals surface area contributed by atoms with Crippen LogP contribution in [0.25, 0.3) is 5.57 Å². The number of benzene rings is 1. The Hall–Kier alpha value is -2.93. The van der Waals surface area contributed by atoms with Gasteiger partial charge in [-0.2, -0.15) is 8.42 Å². The molecule has 0 saturated carbocycles. The fraction of sp³-hybridized carbons (Fsp3) is 0.304. The maximum absolute atomic E-state index is 11.4. The number of carboxylic acids is 1. The number of aliphatic carboxylic acids is 1. The predicted octanol–water partition coefficient (Wildman–Crippen LogP) is 4.44. The topological polar surface area (TPSA) is 129 Å². The Kier molecular flexibility index (Phi) is 6.66. The zero-order valence-corrected chi connectivity index (χ0v) is 21.4. The number of ether oxygens (including phenoxy) is 1. The first kappa shape index (κ1) is 25.2. The van der Waals surface area contributed by atoms with Gasteiger partial charge < -0.3 is 19.8 Å². The molecular formula is C23H24N2O7S3. The van der Waals surface area contributed by atoms with Gasteiger partial charge in [0.1, 0.15) is 6.54 Å². The van der Waals surface area contributed by atoms with E-state index in [1.54, 1.807) is 17.0 Å². The first-order valence-corrected chi connectivity index (χ1v) is 13.5. The molecular weight excluding hydrogens is 512 g/mol. The molecule has 0 unspecified atom stereocenters. The van der Waals surface area contributed by atoms with E-state index in [2.05, 4.69) is 0 Å². The van der Waals surface area contributed by atoms with Crippen LogP contribution in [0.15, 0.2) is 53.9 Å². The first-order chi connectivity index (χ1) is 16.3. The minimum atomic E-state index is -4.18. The fourth-order valence-corrected chi connectivity index (χ4v) is 5.82. The number of para-hydroxylation sites is 2. The van der Waals surface area contributed by atoms with Crippen molar-refractivity contribution in [3.63, 3.8) is 0 Å². The normalized spacial score (nSPS) is 18.1. The Morgan fingerprint density at radius 1 is 1.31 bits per heavy atom. The van der Waals surface area contributed by atoms with Gasteiger partial charge in [-0.3, -0.25) is 13.9 Å². The molecule has 0 saturated heterocycles. The highest BCUT2D eigenvalue weighted by atomic mass is 32.2. The van der Waals surface area contributed by atoms with Crippen molar-refractivity contribution in [2.24, 2.45) is 5.41 Å². The number of aromatic hydroxyl groups is 1. The molecule has 1 aromatic carbocycles. The van der Waals surface area contributed by atoms with E-state index in [1.165, 1.54) is 4.57 Å². The lowest BCUT2D eigenvalue weighted by molar-refractivity contribution is -0.137. The first-order valence-electron chi connectivity index (χ1n) is 10.6. The summed E-state index contributed by atoms with van der Waals surface area (Å²) in [4.78, 5) is 13.3. The number of thiazole rings is 1. The van der Waals surface area contributed by atoms with E-state index in [9.17, 15) is 22.9 Å². The summed E-state index contributed by atoms with van der Waals surface area (Å²) in [6.07, 6.45) is 6.31. The number of hydrogen-bond acceptors (Lipinski definition) is 8. The van der Waals surface area contributed by atoms with Gasteiger partial charge in [-0.25, -0.2) is 0 Å². The Balaban J connectivity index is 1.73. The molecule has 9 nitrogen and oxygen atoms in total. The number of aromatic nitrogens is 1. The average molecular weight is 537 g/mol. The zero-order chi connectivity index (χ0) is 25.5. The van der Waals surface area contributed by atoms with Crippen molar-refractivity contribution >= 4 is 50.9 Å². The molecule has 0 bridgehead atoms. The summed E-state index contributed by atoms with van der Waals surface area (Å²) in [5.74, 6) is -0.789. The molecule has 4 rings (SSSR count). The minimum absolute atomic E-state index is 0.00125. The number of hydrogen-bond donors (Lipinski definition) is 3. The molecule has 186 valence electrons. The van der Waals surface area contributed by atoms with Crippen molar-refractivity contribution in [1.29, 1.82) is 0 Å². The Morgan fingerprint density at radius 3 is 2.71 bits per heavy atom. The summed E-state index contributed by atoms with van der Waals surface area (Å²) in [5, 5.41) is 19.8. The van der Waals surface area contributed by atoms with E-state index in [0.29, 0.717) is 34.2 Å². The van der Waals surface area contributed by atoms with E-state index in [4.69, 9.17) is 22.1 Å². The Bertz CT molecular complexity index is 1450. The van der Waals surface area contributed by atoms with Crippen molar-refractivity contribution in [3.05, 3.63) is 62.8 Å². The highest BCUT2D eigenvalue weighted by Crippen LogP contribution is 2.44. The van der Waals surface area contributed by atoms with Gasteiger partial charge in [0.05, 0.1) is 16.3 Å². The Morgan fingerprint density at radius 2 is 2.03 bits per heavy atom. The lowest BCUT2D eigenvalue weighted by Crippen LogP contribution is -2.27. The maximum Gasteiger partial charge on any atom is 0.323 e. The molecule has 1 aromatic heterocycles. The lowest BCUT2D eigenvalue weighted by Gasteiger charge is -2.27. The van der Waals surface area contributed by atoms with Crippen molar-refractivity contribution < 1.29 is 32.7 Å². The van der Waals surface area contributed by atoms with Gasteiger partial charge in [-0.1, -0.05) is 38.1 Å². The van der Waals surface area contributed by atoms with Crippen LogP contribution in [-0.4, -0.2) is 46.0 Å². The number of carbonyl (C=O) groups is 1. The van der Waals surface area contributed by atoms with Crippen LogP contribution in [0.1, 0.15) is 25.1 Å². The van der Waals surface area contributed by atoms with E-state index in [1.807, 2.05) is 44.2 Å². The van der Waals surface area contributed by atoms with E-state index in [-0.39, 0.29) is 21.8 Å². The second kappa shape index (κ2) is 9.26. The largest absolute Gasteiger partial charge is 0.493 e. The molecule has 12 heteroatoms. The molecule has 1 aliphatic heterocycles. The molecule has 0 spiro atoms. The molecule has 2 heterocycles. The summed E-state index contributed by atoms with van der Waals surface area (Å²) in [6.45, 7) is 3.63. The lowest BCUT2D eigenvalue weighted by atomic mass is 9.79. The number of allylic oxidation sites excluding steroid dienone is 5. The van der Waals surface area contributed by atoms with Crippen molar-refractivity contribution in [3.8, 4) is 11.6 Å². The third-order valence-electron chi connectivity index (χ3n) is 5.49. The molecule has 0 radical (unpaired) electrons. The van der Waals surface area contributed by atoms with E-state index in [0.717, 1.165) is 16.9 Å². The summed E-state index contributed by atoms with van der Waals surface area (Å²) >= 11 is 6.40. The molecule has 35 heavy (non-hydrogen) atoms. The number of fused-ring (bicyclic) bond motifs is 1. The maximum atomic E-state index is 11.4. The summed E-state index contributed by atoms with van der Waals surface area (Å²) < 4.78 is 39.5. The van der Waals surface area contributed by atoms with Crippen molar-refractivity contribution in [2.75, 3.05) is 17.2 Å². The van der Waals surface area contributed by atoms with Crippen LogP contribution in [0.3, 0.4) is 0 Å². The Labute approximate surface area is 211 Å². The highest BCUT2D eigenvalue weighted by molar-refractivity contribution is 7.85. The van der Waals surface area contributed by atoms with Crippen molar-refractivity contribution in [1.82, 2.24) is 4.57 Å². The number of nitrogens with zero attached hydrogens (tertiary/aromatic N) is 2. The van der Waals surface area contributed by atoms with Crippen LogP contribution in [0.2, 0.25) is 0 Å². The van der Waals surface area contributed by atoms with Gasteiger partial charge in [0.15, 0.2) is 9.70 Å². The quantitative estimate of drug-likeness (QED) is 0.347. The van der Waals surface area contributed by atoms with Crippen LogP contribution in [0.5, 0.6) is 11.6 Å². The molecule has 3 N–H and O–H groups in total. The SMILES string of the molecule is CC1(C)C=C(c2sc(=S)n(CC(=O)O)c2O)C=C(C=C2Oc3ccccc3N2CCS(=O)(=O)O)C1. The molecule has 2 aliphatic rings. The van der Waals surface area contributed by atoms with Crippen LogP contribution < -0.4 is 9.64 Å². The molecule has 2 aromatic rings. The molecule has 1 aliphatic carbocycles. The zero-order valence-electron chi connectivity index (χ0n) is 19.0. The van der Waals surface area contributed by atoms with Gasteiger partial charge in [0.2, 0.25) is 11.8 Å². The second-order valence-electron chi connectivity index (χ2n) is 8.97. The van der Waals surface area contributed by atoms with Crippen LogP contribution in [0, 0.1) is 9.37 Å². The van der Waals surface area contributed by atoms with E-state index < -0.39 is 28.4 Å². The standard InChI is InChI=1S/C23H24N2O7S3/c1-23(2)11-14(9-15(12-23)20-21(28)25(13-19(26)27)22(33)34-20)10-18-24(7-8-35(29,30)31)16-5-3-4-6-17(16)32-18/h3-6,9-10,12,28H,7-8,11,13H2,1-2H3,(H,26,27)(H,29,30,31). The summed E-state index contributed by atoms with van der Waals surface area (Å²) in [5.41, 5.74) is 1.94. The van der Waals surface area contributed by atoms with Crippen LogP contribution in [0.4, 0.5) is 5.69 Å².